The maximum atomic E-state index is 12.9. The van der Waals surface area contributed by atoms with E-state index in [1.54, 1.807) is 0 Å². The summed E-state index contributed by atoms with van der Waals surface area (Å²) in [5.74, 6) is 4.76. The van der Waals surface area contributed by atoms with Gasteiger partial charge in [0.1, 0.15) is 0 Å². The molecule has 0 bridgehead atoms. The third-order valence-electron chi connectivity index (χ3n) is 1.49. The lowest BCUT2D eigenvalue weighted by molar-refractivity contribution is 0.431. The summed E-state index contributed by atoms with van der Waals surface area (Å²) in [5.41, 5.74) is 0.205. The van der Waals surface area contributed by atoms with Gasteiger partial charge in [-0.15, -0.1) is 0 Å². The number of phenols is 1. The van der Waals surface area contributed by atoms with E-state index in [4.69, 9.17) is 11.6 Å². The molecule has 0 amide bonds. The summed E-state index contributed by atoms with van der Waals surface area (Å²) in [7, 11) is 0. The van der Waals surface area contributed by atoms with Crippen LogP contribution in [0.5, 0.6) is 5.75 Å². The van der Waals surface area contributed by atoms with Crippen molar-refractivity contribution in [3.8, 4) is 17.6 Å². The highest BCUT2D eigenvalue weighted by atomic mass is 35.5. The van der Waals surface area contributed by atoms with Gasteiger partial charge in [0.2, 0.25) is 0 Å². The first-order valence-electron chi connectivity index (χ1n) is 3.93. The zero-order valence-corrected chi connectivity index (χ0v) is 8.87. The van der Waals surface area contributed by atoms with Crippen LogP contribution < -0.4 is 0 Å². The molecule has 1 N–H and O–H groups in total. The number of benzene rings is 1. The fraction of sp³-hybridized carbons (Fsp3) is 0.200. The Morgan fingerprint density at radius 3 is 2.86 bits per heavy atom. The Bertz CT molecular complexity index is 395. The Kier molecular flexibility index (Phi) is 4.12. The first-order chi connectivity index (χ1) is 6.65. The van der Waals surface area contributed by atoms with Crippen molar-refractivity contribution in [1.82, 2.24) is 0 Å². The van der Waals surface area contributed by atoms with E-state index in [1.165, 1.54) is 6.07 Å². The van der Waals surface area contributed by atoms with E-state index in [-0.39, 0.29) is 10.6 Å². The lowest BCUT2D eigenvalue weighted by atomic mass is 10.2. The van der Waals surface area contributed by atoms with Crippen molar-refractivity contribution >= 4 is 24.2 Å². The molecule has 0 unspecified atom stereocenters. The highest BCUT2D eigenvalue weighted by Crippen LogP contribution is 2.24. The zero-order valence-electron chi connectivity index (χ0n) is 7.22. The van der Waals surface area contributed by atoms with Crippen LogP contribution in [0.15, 0.2) is 12.1 Å². The van der Waals surface area contributed by atoms with Crippen molar-refractivity contribution in [2.75, 3.05) is 5.75 Å². The second-order valence-electron chi connectivity index (χ2n) is 2.56. The van der Waals surface area contributed by atoms with Crippen molar-refractivity contribution in [3.05, 3.63) is 28.5 Å². The van der Waals surface area contributed by atoms with Crippen LogP contribution in [0.2, 0.25) is 5.02 Å². The largest absolute Gasteiger partial charge is 0.504 e. The Labute approximate surface area is 92.3 Å². The van der Waals surface area contributed by atoms with Gasteiger partial charge >= 0.3 is 0 Å². The molecule has 14 heavy (non-hydrogen) atoms. The van der Waals surface area contributed by atoms with Crippen LogP contribution in [-0.2, 0) is 0 Å². The van der Waals surface area contributed by atoms with Crippen molar-refractivity contribution < 1.29 is 9.50 Å². The molecule has 0 saturated heterocycles. The molecule has 0 aromatic heterocycles. The van der Waals surface area contributed by atoms with Crippen LogP contribution >= 0.6 is 24.2 Å². The molecule has 74 valence electrons. The van der Waals surface area contributed by atoms with Crippen LogP contribution in [0.3, 0.4) is 0 Å². The minimum atomic E-state index is -0.757. The molecule has 0 aliphatic heterocycles. The van der Waals surface area contributed by atoms with E-state index in [2.05, 4.69) is 24.5 Å². The van der Waals surface area contributed by atoms with Crippen molar-refractivity contribution in [1.29, 1.82) is 0 Å². The Hall–Kier alpha value is -0.850. The van der Waals surface area contributed by atoms with Gasteiger partial charge in [0.05, 0.1) is 5.56 Å². The van der Waals surface area contributed by atoms with Crippen molar-refractivity contribution in [2.45, 2.75) is 6.42 Å². The molecule has 0 saturated carbocycles. The number of thiol groups is 1. The summed E-state index contributed by atoms with van der Waals surface area (Å²) in [6, 6.07) is 2.46. The Balaban J connectivity index is 3.04. The third-order valence-corrected chi connectivity index (χ3v) is 1.93. The van der Waals surface area contributed by atoms with Gasteiger partial charge in [-0.1, -0.05) is 23.4 Å². The van der Waals surface area contributed by atoms with E-state index < -0.39 is 11.6 Å². The molecule has 1 rings (SSSR count). The summed E-state index contributed by atoms with van der Waals surface area (Å²) in [4.78, 5) is 0. The summed E-state index contributed by atoms with van der Waals surface area (Å²) >= 11 is 9.57. The van der Waals surface area contributed by atoms with Gasteiger partial charge in [0.15, 0.2) is 11.6 Å². The number of hydrogen-bond donors (Lipinski definition) is 2. The molecule has 0 atom stereocenters. The summed E-state index contributed by atoms with van der Waals surface area (Å²) in [6.45, 7) is 0. The van der Waals surface area contributed by atoms with Gasteiger partial charge < -0.3 is 5.11 Å². The fourth-order valence-electron chi connectivity index (χ4n) is 0.875. The van der Waals surface area contributed by atoms with Crippen LogP contribution in [0.1, 0.15) is 12.0 Å². The molecule has 1 aromatic carbocycles. The standard InChI is InChI=1S/C10H8ClFOS/c11-8-5-7(3-1-2-4-14)10(13)9(12)6-8/h5-6,13-14H,2,4H2. The zero-order chi connectivity index (χ0) is 10.6. The maximum Gasteiger partial charge on any atom is 0.167 e. The van der Waals surface area contributed by atoms with Gasteiger partial charge in [-0.25, -0.2) is 4.39 Å². The lowest BCUT2D eigenvalue weighted by Gasteiger charge is -1.99. The van der Waals surface area contributed by atoms with Gasteiger partial charge in [0, 0.05) is 17.2 Å². The predicted octanol–water partition coefficient (Wildman–Crippen LogP) is 2.86. The molecule has 0 aliphatic carbocycles. The van der Waals surface area contributed by atoms with E-state index in [0.29, 0.717) is 12.2 Å². The number of rotatable bonds is 1. The molecular weight excluding hydrogens is 223 g/mol. The fourth-order valence-corrected chi connectivity index (χ4v) is 1.19. The first-order valence-corrected chi connectivity index (χ1v) is 4.94. The monoisotopic (exact) mass is 230 g/mol. The average molecular weight is 231 g/mol. The quantitative estimate of drug-likeness (QED) is 0.562. The second kappa shape index (κ2) is 5.14. The summed E-state index contributed by atoms with van der Waals surface area (Å²) in [6.07, 6.45) is 0.580. The Morgan fingerprint density at radius 2 is 2.21 bits per heavy atom. The second-order valence-corrected chi connectivity index (χ2v) is 3.44. The summed E-state index contributed by atoms with van der Waals surface area (Å²) in [5, 5.41) is 9.48. The summed E-state index contributed by atoms with van der Waals surface area (Å²) < 4.78 is 12.9. The number of phenolic OH excluding ortho intramolecular Hbond substituents is 1. The van der Waals surface area contributed by atoms with E-state index >= 15 is 0 Å². The minimum Gasteiger partial charge on any atom is -0.504 e. The Morgan fingerprint density at radius 1 is 1.50 bits per heavy atom. The van der Waals surface area contributed by atoms with E-state index in [1.807, 2.05) is 0 Å². The molecule has 0 aliphatic rings. The van der Waals surface area contributed by atoms with Crippen LogP contribution in [-0.4, -0.2) is 10.9 Å². The maximum absolute atomic E-state index is 12.9. The van der Waals surface area contributed by atoms with Gasteiger partial charge in [-0.05, 0) is 12.1 Å². The van der Waals surface area contributed by atoms with Crippen molar-refractivity contribution in [2.24, 2.45) is 0 Å². The normalized spacial score (nSPS) is 9.36. The van der Waals surface area contributed by atoms with Crippen LogP contribution in [0, 0.1) is 17.7 Å². The molecule has 1 nitrogen and oxygen atoms in total. The SMILES string of the molecule is Oc1c(F)cc(Cl)cc1C#CCCS. The van der Waals surface area contributed by atoms with Crippen LogP contribution in [0.25, 0.3) is 0 Å². The van der Waals surface area contributed by atoms with E-state index in [0.717, 1.165) is 6.07 Å². The topological polar surface area (TPSA) is 20.2 Å². The number of halogens is 2. The molecule has 0 spiro atoms. The average Bonchev–Trinajstić information content (AvgIpc) is 2.13. The number of aromatic hydroxyl groups is 1. The highest BCUT2D eigenvalue weighted by molar-refractivity contribution is 7.80. The number of hydrogen-bond acceptors (Lipinski definition) is 2. The van der Waals surface area contributed by atoms with Crippen LogP contribution in [0.4, 0.5) is 4.39 Å². The first kappa shape index (κ1) is 11.2. The van der Waals surface area contributed by atoms with Gasteiger partial charge in [-0.3, -0.25) is 0 Å². The molecule has 4 heteroatoms. The highest BCUT2D eigenvalue weighted by Gasteiger charge is 2.06. The lowest BCUT2D eigenvalue weighted by Crippen LogP contribution is -1.83. The molecule has 1 aromatic rings. The minimum absolute atomic E-state index is 0.205. The van der Waals surface area contributed by atoms with Gasteiger partial charge in [-0.2, -0.15) is 12.6 Å². The molecule has 0 fully saturated rings. The molecule has 0 radical (unpaired) electrons. The smallest absolute Gasteiger partial charge is 0.167 e. The van der Waals surface area contributed by atoms with Crippen molar-refractivity contribution in [3.63, 3.8) is 0 Å². The van der Waals surface area contributed by atoms with Gasteiger partial charge in [0.25, 0.3) is 0 Å². The predicted molar refractivity (Wildman–Crippen MR) is 58.4 cm³/mol. The molecule has 0 heterocycles. The third kappa shape index (κ3) is 2.83. The van der Waals surface area contributed by atoms with E-state index in [9.17, 15) is 9.50 Å². The molecular formula is C10H8ClFOS.